The van der Waals surface area contributed by atoms with Crippen molar-refractivity contribution in [3.8, 4) is 18.2 Å². The first kappa shape index (κ1) is 19.3. The Bertz CT molecular complexity index is 1120. The molecule has 0 aliphatic carbocycles. The SMILES string of the molecule is C#CCNS(=O)(=O)c1cccc(C(=O)NCc2ccnc(-n3cccn3)c2)c1. The van der Waals surface area contributed by atoms with Crippen LogP contribution in [0.25, 0.3) is 5.82 Å². The van der Waals surface area contributed by atoms with Gasteiger partial charge in [0.2, 0.25) is 10.0 Å². The van der Waals surface area contributed by atoms with E-state index in [1.54, 1.807) is 41.5 Å². The van der Waals surface area contributed by atoms with Crippen LogP contribution < -0.4 is 10.0 Å². The fourth-order valence-electron chi connectivity index (χ4n) is 2.41. The lowest BCUT2D eigenvalue weighted by molar-refractivity contribution is 0.0950. The van der Waals surface area contributed by atoms with Gasteiger partial charge in [-0.05, 0) is 42.0 Å². The molecule has 142 valence electrons. The number of rotatable bonds is 7. The Morgan fingerprint density at radius 3 is 2.79 bits per heavy atom. The van der Waals surface area contributed by atoms with Gasteiger partial charge in [-0.25, -0.2) is 18.1 Å². The van der Waals surface area contributed by atoms with Crippen LogP contribution in [0.3, 0.4) is 0 Å². The average Bonchev–Trinajstić information content (AvgIpc) is 3.26. The zero-order chi connectivity index (χ0) is 20.0. The van der Waals surface area contributed by atoms with Crippen molar-refractivity contribution in [1.29, 1.82) is 0 Å². The topological polar surface area (TPSA) is 106 Å². The first-order valence-corrected chi connectivity index (χ1v) is 9.74. The first-order chi connectivity index (χ1) is 13.5. The number of hydrogen-bond donors (Lipinski definition) is 2. The zero-order valence-corrected chi connectivity index (χ0v) is 15.6. The summed E-state index contributed by atoms with van der Waals surface area (Å²) in [7, 11) is -3.77. The number of carbonyl (C=O) groups excluding carboxylic acids is 1. The lowest BCUT2D eigenvalue weighted by atomic mass is 10.2. The maximum absolute atomic E-state index is 12.4. The molecule has 1 amide bonds. The molecule has 0 unspecified atom stereocenters. The first-order valence-electron chi connectivity index (χ1n) is 8.26. The molecule has 28 heavy (non-hydrogen) atoms. The van der Waals surface area contributed by atoms with Crippen LogP contribution in [-0.4, -0.2) is 35.6 Å². The molecule has 2 N–H and O–H groups in total. The molecular formula is C19H17N5O3S. The van der Waals surface area contributed by atoms with E-state index in [-0.39, 0.29) is 23.5 Å². The van der Waals surface area contributed by atoms with Crippen LogP contribution >= 0.6 is 0 Å². The normalized spacial score (nSPS) is 11.0. The Kier molecular flexibility index (Phi) is 5.84. The van der Waals surface area contributed by atoms with E-state index >= 15 is 0 Å². The van der Waals surface area contributed by atoms with Crippen molar-refractivity contribution in [2.24, 2.45) is 0 Å². The summed E-state index contributed by atoms with van der Waals surface area (Å²) in [5.74, 6) is 2.44. The van der Waals surface area contributed by atoms with E-state index in [1.165, 1.54) is 24.3 Å². The summed E-state index contributed by atoms with van der Waals surface area (Å²) >= 11 is 0. The molecule has 0 atom stereocenters. The van der Waals surface area contributed by atoms with Crippen LogP contribution in [0.4, 0.5) is 0 Å². The molecule has 3 rings (SSSR count). The van der Waals surface area contributed by atoms with Crippen molar-refractivity contribution in [1.82, 2.24) is 24.8 Å². The lowest BCUT2D eigenvalue weighted by Gasteiger charge is -2.09. The van der Waals surface area contributed by atoms with Gasteiger partial charge in [-0.1, -0.05) is 12.0 Å². The molecule has 0 fully saturated rings. The molecule has 0 saturated heterocycles. The molecule has 2 heterocycles. The molecule has 0 saturated carbocycles. The average molecular weight is 395 g/mol. The summed E-state index contributed by atoms with van der Waals surface area (Å²) in [4.78, 5) is 16.6. The number of carbonyl (C=O) groups is 1. The van der Waals surface area contributed by atoms with Gasteiger partial charge in [-0.2, -0.15) is 9.82 Å². The minimum absolute atomic E-state index is 0.0275. The highest BCUT2D eigenvalue weighted by Gasteiger charge is 2.15. The molecule has 0 spiro atoms. The van der Waals surface area contributed by atoms with Gasteiger partial charge in [-0.3, -0.25) is 4.79 Å². The molecule has 2 aromatic heterocycles. The third-order valence-corrected chi connectivity index (χ3v) is 5.17. The largest absolute Gasteiger partial charge is 0.348 e. The predicted molar refractivity (Wildman–Crippen MR) is 103 cm³/mol. The van der Waals surface area contributed by atoms with Crippen molar-refractivity contribution < 1.29 is 13.2 Å². The van der Waals surface area contributed by atoms with Crippen molar-refractivity contribution in [3.63, 3.8) is 0 Å². The Morgan fingerprint density at radius 1 is 1.18 bits per heavy atom. The van der Waals surface area contributed by atoms with Crippen LogP contribution in [0.15, 0.2) is 66.0 Å². The third-order valence-electron chi connectivity index (χ3n) is 3.77. The number of aromatic nitrogens is 3. The molecule has 0 aliphatic rings. The van der Waals surface area contributed by atoms with Crippen molar-refractivity contribution in [2.45, 2.75) is 11.4 Å². The number of pyridine rings is 1. The van der Waals surface area contributed by atoms with Gasteiger partial charge < -0.3 is 5.32 Å². The van der Waals surface area contributed by atoms with Crippen LogP contribution in [0.5, 0.6) is 0 Å². The summed E-state index contributed by atoms with van der Waals surface area (Å²) in [6.07, 6.45) is 10.1. The lowest BCUT2D eigenvalue weighted by Crippen LogP contribution is -2.26. The van der Waals surface area contributed by atoms with Gasteiger partial charge >= 0.3 is 0 Å². The van der Waals surface area contributed by atoms with Crippen molar-refractivity contribution in [3.05, 3.63) is 72.2 Å². The maximum atomic E-state index is 12.4. The van der Waals surface area contributed by atoms with Gasteiger partial charge in [-0.15, -0.1) is 6.42 Å². The number of terminal acetylenes is 1. The van der Waals surface area contributed by atoms with Gasteiger partial charge in [0, 0.05) is 30.7 Å². The van der Waals surface area contributed by atoms with Gasteiger partial charge in [0.05, 0.1) is 11.4 Å². The van der Waals surface area contributed by atoms with Crippen LogP contribution in [0.2, 0.25) is 0 Å². The maximum Gasteiger partial charge on any atom is 0.251 e. The minimum atomic E-state index is -3.77. The second-order valence-corrected chi connectivity index (χ2v) is 7.48. The fraction of sp³-hybridized carbons (Fsp3) is 0.105. The smallest absolute Gasteiger partial charge is 0.251 e. The van der Waals surface area contributed by atoms with E-state index in [1.807, 2.05) is 0 Å². The summed E-state index contributed by atoms with van der Waals surface area (Å²) < 4.78 is 28.2. The highest BCUT2D eigenvalue weighted by molar-refractivity contribution is 7.89. The second-order valence-electron chi connectivity index (χ2n) is 5.71. The minimum Gasteiger partial charge on any atom is -0.348 e. The number of sulfonamides is 1. The molecule has 0 radical (unpaired) electrons. The summed E-state index contributed by atoms with van der Waals surface area (Å²) in [6, 6.07) is 11.1. The predicted octanol–water partition coefficient (Wildman–Crippen LogP) is 1.11. The van der Waals surface area contributed by atoms with E-state index in [2.05, 4.69) is 26.0 Å². The Hall–Kier alpha value is -3.48. The molecule has 9 heteroatoms. The van der Waals surface area contributed by atoms with E-state index in [0.717, 1.165) is 5.56 Å². The standard InChI is InChI=1S/C19H17N5O3S/c1-2-8-23-28(26,27)17-6-3-5-16(13-17)19(25)21-14-15-7-10-20-18(12-15)24-11-4-9-22-24/h1,3-7,9-13,23H,8,14H2,(H,21,25). The van der Waals surface area contributed by atoms with Crippen LogP contribution in [0.1, 0.15) is 15.9 Å². The Balaban J connectivity index is 1.70. The van der Waals surface area contributed by atoms with Crippen molar-refractivity contribution in [2.75, 3.05) is 6.54 Å². The highest BCUT2D eigenvalue weighted by atomic mass is 32.2. The zero-order valence-electron chi connectivity index (χ0n) is 14.7. The van der Waals surface area contributed by atoms with E-state index < -0.39 is 15.9 Å². The summed E-state index contributed by atoms with van der Waals surface area (Å²) in [6.45, 7) is 0.126. The van der Waals surface area contributed by atoms with Gasteiger partial charge in [0.15, 0.2) is 5.82 Å². The Morgan fingerprint density at radius 2 is 2.04 bits per heavy atom. The molecule has 1 aromatic carbocycles. The van der Waals surface area contributed by atoms with Crippen molar-refractivity contribution >= 4 is 15.9 Å². The summed E-state index contributed by atoms with van der Waals surface area (Å²) in [5.41, 5.74) is 1.05. The third kappa shape index (κ3) is 4.62. The van der Waals surface area contributed by atoms with Crippen LogP contribution in [0, 0.1) is 12.3 Å². The summed E-state index contributed by atoms with van der Waals surface area (Å²) in [5, 5.41) is 6.88. The molecular weight excluding hydrogens is 378 g/mol. The second kappa shape index (κ2) is 8.47. The number of amides is 1. The molecule has 8 nitrogen and oxygen atoms in total. The number of nitrogens with zero attached hydrogens (tertiary/aromatic N) is 3. The number of benzene rings is 1. The monoisotopic (exact) mass is 395 g/mol. The fourth-order valence-corrected chi connectivity index (χ4v) is 3.39. The van der Waals surface area contributed by atoms with E-state index in [0.29, 0.717) is 5.82 Å². The van der Waals surface area contributed by atoms with E-state index in [4.69, 9.17) is 6.42 Å². The highest BCUT2D eigenvalue weighted by Crippen LogP contribution is 2.12. The Labute approximate surface area is 162 Å². The van der Waals surface area contributed by atoms with Crippen LogP contribution in [-0.2, 0) is 16.6 Å². The molecule has 0 aliphatic heterocycles. The molecule has 3 aromatic rings. The van der Waals surface area contributed by atoms with Gasteiger partial charge in [0.1, 0.15) is 0 Å². The number of hydrogen-bond acceptors (Lipinski definition) is 5. The quantitative estimate of drug-likeness (QED) is 0.583. The van der Waals surface area contributed by atoms with E-state index in [9.17, 15) is 13.2 Å². The van der Waals surface area contributed by atoms with Gasteiger partial charge in [0.25, 0.3) is 5.91 Å². The number of nitrogens with one attached hydrogen (secondary N) is 2. The molecule has 0 bridgehead atoms.